The minimum atomic E-state index is -0.158. The van der Waals surface area contributed by atoms with Crippen molar-refractivity contribution in [1.82, 2.24) is 14.8 Å². The highest BCUT2D eigenvalue weighted by Gasteiger charge is 2.26. The zero-order valence-corrected chi connectivity index (χ0v) is 16.8. The Morgan fingerprint density at radius 1 is 0.926 bits per heavy atom. The van der Waals surface area contributed by atoms with E-state index >= 15 is 0 Å². The maximum Gasteiger partial charge on any atom is 0.255 e. The van der Waals surface area contributed by atoms with Crippen LogP contribution in [0.2, 0.25) is 10.2 Å². The van der Waals surface area contributed by atoms with E-state index in [9.17, 15) is 9.59 Å². The standard InChI is InChI=1S/C20H21Cl2N3O2/c1-13(2)14-3-5-15(6-4-14)19(26)24-7-9-25(10-8-24)20(27)16-11-17(21)18(22)23-12-16/h3-6,11-13H,7-10H2,1-2H3. The molecule has 2 amide bonds. The molecule has 1 aliphatic heterocycles. The fourth-order valence-corrected chi connectivity index (χ4v) is 3.30. The Morgan fingerprint density at radius 2 is 1.44 bits per heavy atom. The van der Waals surface area contributed by atoms with E-state index in [2.05, 4.69) is 18.8 Å². The summed E-state index contributed by atoms with van der Waals surface area (Å²) in [5.41, 5.74) is 2.28. The maximum atomic E-state index is 12.7. The van der Waals surface area contributed by atoms with Crippen molar-refractivity contribution in [3.05, 3.63) is 63.4 Å². The molecule has 5 nitrogen and oxygen atoms in total. The minimum absolute atomic E-state index is 0.00592. The van der Waals surface area contributed by atoms with Gasteiger partial charge >= 0.3 is 0 Å². The average Bonchev–Trinajstić information content (AvgIpc) is 2.69. The molecule has 27 heavy (non-hydrogen) atoms. The van der Waals surface area contributed by atoms with E-state index in [1.54, 1.807) is 9.80 Å². The molecular formula is C20H21Cl2N3O2. The van der Waals surface area contributed by atoms with Crippen LogP contribution in [0.15, 0.2) is 36.5 Å². The predicted molar refractivity (Wildman–Crippen MR) is 107 cm³/mol. The molecule has 0 atom stereocenters. The van der Waals surface area contributed by atoms with Gasteiger partial charge in [0.1, 0.15) is 5.15 Å². The molecule has 2 aromatic rings. The second-order valence-corrected chi connectivity index (χ2v) is 7.62. The van der Waals surface area contributed by atoms with E-state index < -0.39 is 0 Å². The zero-order valence-electron chi connectivity index (χ0n) is 15.3. The molecule has 0 unspecified atom stereocenters. The third-order valence-corrected chi connectivity index (χ3v) is 5.41. The van der Waals surface area contributed by atoms with Crippen LogP contribution in [0, 0.1) is 0 Å². The molecule has 0 aliphatic carbocycles. The van der Waals surface area contributed by atoms with Gasteiger partial charge in [-0.1, -0.05) is 49.2 Å². The first-order valence-corrected chi connectivity index (χ1v) is 9.62. The second kappa shape index (κ2) is 8.28. The molecule has 1 aromatic carbocycles. The number of benzene rings is 1. The first-order valence-electron chi connectivity index (χ1n) is 8.86. The fraction of sp³-hybridized carbons (Fsp3) is 0.350. The molecule has 0 N–H and O–H groups in total. The summed E-state index contributed by atoms with van der Waals surface area (Å²) in [6.07, 6.45) is 1.42. The Bertz CT molecular complexity index is 845. The van der Waals surface area contributed by atoms with Crippen LogP contribution in [0.25, 0.3) is 0 Å². The maximum absolute atomic E-state index is 12.7. The second-order valence-electron chi connectivity index (χ2n) is 6.86. The first kappa shape index (κ1) is 19.6. The summed E-state index contributed by atoms with van der Waals surface area (Å²) in [7, 11) is 0. The summed E-state index contributed by atoms with van der Waals surface area (Å²) in [6, 6.07) is 9.25. The normalized spacial score (nSPS) is 14.6. The molecule has 1 aromatic heterocycles. The summed E-state index contributed by atoms with van der Waals surface area (Å²) in [5.74, 6) is 0.266. The Kier molecular flexibility index (Phi) is 6.02. The molecule has 0 bridgehead atoms. The lowest BCUT2D eigenvalue weighted by Crippen LogP contribution is -2.50. The van der Waals surface area contributed by atoms with Crippen molar-refractivity contribution in [3.8, 4) is 0 Å². The summed E-state index contributed by atoms with van der Waals surface area (Å²) < 4.78 is 0. The van der Waals surface area contributed by atoms with Crippen LogP contribution in [0.5, 0.6) is 0 Å². The monoisotopic (exact) mass is 405 g/mol. The summed E-state index contributed by atoms with van der Waals surface area (Å²) in [5, 5.41) is 0.424. The van der Waals surface area contributed by atoms with Crippen LogP contribution in [-0.2, 0) is 0 Å². The average molecular weight is 406 g/mol. The highest BCUT2D eigenvalue weighted by molar-refractivity contribution is 6.41. The van der Waals surface area contributed by atoms with Gasteiger partial charge in [0, 0.05) is 37.9 Å². The van der Waals surface area contributed by atoms with Crippen LogP contribution in [-0.4, -0.2) is 52.8 Å². The summed E-state index contributed by atoms with van der Waals surface area (Å²) in [4.78, 5) is 32.7. The predicted octanol–water partition coefficient (Wildman–Crippen LogP) is 4.11. The number of hydrogen-bond donors (Lipinski definition) is 0. The summed E-state index contributed by atoms with van der Waals surface area (Å²) >= 11 is 11.7. The van der Waals surface area contributed by atoms with Crippen LogP contribution < -0.4 is 0 Å². The molecule has 0 radical (unpaired) electrons. The number of nitrogens with zero attached hydrogens (tertiary/aromatic N) is 3. The van der Waals surface area contributed by atoms with Gasteiger partial charge in [-0.3, -0.25) is 9.59 Å². The highest BCUT2D eigenvalue weighted by Crippen LogP contribution is 2.21. The van der Waals surface area contributed by atoms with Gasteiger partial charge in [0.15, 0.2) is 0 Å². The number of halogens is 2. The quantitative estimate of drug-likeness (QED) is 0.721. The lowest BCUT2D eigenvalue weighted by molar-refractivity contribution is 0.0535. The van der Waals surface area contributed by atoms with Gasteiger partial charge < -0.3 is 9.80 Å². The van der Waals surface area contributed by atoms with Crippen molar-refractivity contribution in [2.45, 2.75) is 19.8 Å². The Morgan fingerprint density at radius 3 is 1.93 bits per heavy atom. The van der Waals surface area contributed by atoms with Crippen molar-refractivity contribution < 1.29 is 9.59 Å². The Labute approximate surface area is 168 Å². The van der Waals surface area contributed by atoms with Gasteiger partial charge in [-0.05, 0) is 29.7 Å². The number of hydrogen-bond acceptors (Lipinski definition) is 3. The Hall–Kier alpha value is -2.11. The molecule has 2 heterocycles. The molecule has 0 spiro atoms. The van der Waals surface area contributed by atoms with Gasteiger partial charge in [0.05, 0.1) is 10.6 Å². The molecule has 1 saturated heterocycles. The van der Waals surface area contributed by atoms with Crippen molar-refractivity contribution in [2.75, 3.05) is 26.2 Å². The summed E-state index contributed by atoms with van der Waals surface area (Å²) in [6.45, 7) is 6.16. The highest BCUT2D eigenvalue weighted by atomic mass is 35.5. The zero-order chi connectivity index (χ0) is 19.6. The molecular weight excluding hydrogens is 385 g/mol. The lowest BCUT2D eigenvalue weighted by Gasteiger charge is -2.34. The van der Waals surface area contributed by atoms with Gasteiger partial charge in [-0.25, -0.2) is 4.98 Å². The topological polar surface area (TPSA) is 53.5 Å². The third kappa shape index (κ3) is 4.42. The third-order valence-electron chi connectivity index (χ3n) is 4.72. The van der Waals surface area contributed by atoms with Gasteiger partial charge in [0.2, 0.25) is 0 Å². The molecule has 142 valence electrons. The molecule has 3 rings (SSSR count). The van der Waals surface area contributed by atoms with E-state index in [-0.39, 0.29) is 22.0 Å². The lowest BCUT2D eigenvalue weighted by atomic mass is 10.0. The number of rotatable bonds is 3. The van der Waals surface area contributed by atoms with E-state index in [0.29, 0.717) is 43.2 Å². The van der Waals surface area contributed by atoms with Crippen LogP contribution in [0.1, 0.15) is 46.0 Å². The molecule has 1 aliphatic rings. The van der Waals surface area contributed by atoms with Gasteiger partial charge in [0.25, 0.3) is 11.8 Å². The van der Waals surface area contributed by atoms with Gasteiger partial charge in [-0.15, -0.1) is 0 Å². The fourth-order valence-electron chi connectivity index (χ4n) is 3.03. The van der Waals surface area contributed by atoms with E-state index in [1.165, 1.54) is 17.8 Å². The molecule has 1 fully saturated rings. The SMILES string of the molecule is CC(C)c1ccc(C(=O)N2CCN(C(=O)c3cnc(Cl)c(Cl)c3)CC2)cc1. The number of piperazine rings is 1. The smallest absolute Gasteiger partial charge is 0.255 e. The number of aromatic nitrogens is 1. The number of carbonyl (C=O) groups is 2. The van der Waals surface area contributed by atoms with E-state index in [1.807, 2.05) is 24.3 Å². The van der Waals surface area contributed by atoms with Gasteiger partial charge in [-0.2, -0.15) is 0 Å². The Balaban J connectivity index is 1.61. The van der Waals surface area contributed by atoms with E-state index in [4.69, 9.17) is 23.2 Å². The minimum Gasteiger partial charge on any atom is -0.335 e. The van der Waals surface area contributed by atoms with Crippen molar-refractivity contribution in [3.63, 3.8) is 0 Å². The number of amides is 2. The van der Waals surface area contributed by atoms with Crippen LogP contribution >= 0.6 is 23.2 Å². The largest absolute Gasteiger partial charge is 0.335 e. The number of carbonyl (C=O) groups excluding carboxylic acids is 2. The first-order chi connectivity index (χ1) is 12.9. The number of pyridine rings is 1. The van der Waals surface area contributed by atoms with E-state index in [0.717, 1.165) is 0 Å². The van der Waals surface area contributed by atoms with Crippen molar-refractivity contribution in [2.24, 2.45) is 0 Å². The van der Waals surface area contributed by atoms with Crippen molar-refractivity contribution >= 4 is 35.0 Å². The van der Waals surface area contributed by atoms with Crippen LogP contribution in [0.3, 0.4) is 0 Å². The molecule has 7 heteroatoms. The van der Waals surface area contributed by atoms with Crippen LogP contribution in [0.4, 0.5) is 0 Å². The molecule has 0 saturated carbocycles. The van der Waals surface area contributed by atoms with Crippen molar-refractivity contribution in [1.29, 1.82) is 0 Å².